The fourth-order valence-electron chi connectivity index (χ4n) is 7.91. The molecule has 2 saturated heterocycles. The van der Waals surface area contributed by atoms with Gasteiger partial charge in [0.15, 0.2) is 5.78 Å². The number of piperidine rings is 1. The summed E-state index contributed by atoms with van der Waals surface area (Å²) in [5.74, 6) is -6.35. The lowest BCUT2D eigenvalue weighted by molar-refractivity contribution is -0.176. The average Bonchev–Trinajstić information content (AvgIpc) is 3.22. The lowest BCUT2D eigenvalue weighted by Crippen LogP contribution is -2.61. The van der Waals surface area contributed by atoms with E-state index in [1.165, 1.54) is 0 Å². The number of carbonyl (C=O) groups excluding carboxylic acids is 5. The van der Waals surface area contributed by atoms with Crippen LogP contribution in [0, 0.1) is 28.6 Å². The average molecular weight is 587 g/mol. The fourth-order valence-corrected chi connectivity index (χ4v) is 7.91. The number of nitrogens with two attached hydrogens (primary N) is 2. The summed E-state index contributed by atoms with van der Waals surface area (Å²) in [5, 5.41) is 4.60. The molecule has 2 saturated carbocycles. The molecule has 0 spiro atoms. The van der Waals surface area contributed by atoms with Crippen LogP contribution in [-0.2, 0) is 24.0 Å². The van der Waals surface area contributed by atoms with Gasteiger partial charge in [-0.3, -0.25) is 24.0 Å². The van der Waals surface area contributed by atoms with Gasteiger partial charge in [-0.1, -0.05) is 13.8 Å². The van der Waals surface area contributed by atoms with Gasteiger partial charge in [-0.15, -0.1) is 0 Å². The predicted octanol–water partition coefficient (Wildman–Crippen LogP) is -0.0850. The van der Waals surface area contributed by atoms with Crippen LogP contribution in [0.3, 0.4) is 0 Å². The summed E-state index contributed by atoms with van der Waals surface area (Å²) < 4.78 is 39.9. The van der Waals surface area contributed by atoms with Crippen molar-refractivity contribution >= 4 is 29.4 Å². The standard InChI is InChI=1S/C27H41F3N6O5/c1-25(2)17-12-36(19(21(32)38)26(17,25)20(37)16(31)11-14-9-10-33-22(14)39)23(40)18(34-24(41)27(28,29)30)13-5-7-15(8-6-13)35(3)4/h13-19H,5-12,31H2,1-4H3,(H2,32,38)(H,33,39)(H,34,41)/t13?,14-,15?,16-,17?,18?,19?,26?/m0/s1. The first kappa shape index (κ1) is 31.2. The van der Waals surface area contributed by atoms with Crippen molar-refractivity contribution in [2.24, 2.45) is 40.1 Å². The highest BCUT2D eigenvalue weighted by Crippen LogP contribution is 2.75. The molecule has 41 heavy (non-hydrogen) atoms. The van der Waals surface area contributed by atoms with Crippen molar-refractivity contribution in [1.82, 2.24) is 20.4 Å². The Labute approximate surface area is 237 Å². The van der Waals surface area contributed by atoms with E-state index in [4.69, 9.17) is 11.5 Å². The number of hydrogen-bond acceptors (Lipinski definition) is 7. The number of rotatable bonds is 9. The molecule has 0 aromatic heterocycles. The number of ketones is 1. The van der Waals surface area contributed by atoms with Crippen LogP contribution in [0.5, 0.6) is 0 Å². The molecule has 11 nitrogen and oxygen atoms in total. The Morgan fingerprint density at radius 3 is 2.22 bits per heavy atom. The molecular formula is C27H41F3N6O5. The van der Waals surface area contributed by atoms with Gasteiger partial charge in [-0.05, 0) is 69.9 Å². The van der Waals surface area contributed by atoms with E-state index in [0.29, 0.717) is 38.6 Å². The van der Waals surface area contributed by atoms with Gasteiger partial charge in [0.25, 0.3) is 0 Å². The summed E-state index contributed by atoms with van der Waals surface area (Å²) in [6, 6.07) is -3.91. The number of Topliss-reactive ketones (excluding diaryl/α,β-unsaturated/α-hetero) is 1. The highest BCUT2D eigenvalue weighted by Gasteiger charge is 2.84. The normalized spacial score (nSPS) is 34.0. The lowest BCUT2D eigenvalue weighted by Gasteiger charge is -2.40. The number of nitrogens with one attached hydrogen (secondary N) is 2. The largest absolute Gasteiger partial charge is 0.471 e. The predicted molar refractivity (Wildman–Crippen MR) is 141 cm³/mol. The van der Waals surface area contributed by atoms with Gasteiger partial charge in [0.2, 0.25) is 17.7 Å². The summed E-state index contributed by atoms with van der Waals surface area (Å²) in [5.41, 5.74) is 9.91. The van der Waals surface area contributed by atoms with Crippen LogP contribution in [0.15, 0.2) is 0 Å². The number of hydrogen-bond donors (Lipinski definition) is 4. The topological polar surface area (TPSA) is 168 Å². The molecule has 2 heterocycles. The number of amides is 4. The molecule has 14 heteroatoms. The highest BCUT2D eigenvalue weighted by molar-refractivity contribution is 6.04. The van der Waals surface area contributed by atoms with Gasteiger partial charge >= 0.3 is 12.1 Å². The zero-order valence-corrected chi connectivity index (χ0v) is 23.9. The number of carbonyl (C=O) groups is 5. The molecule has 230 valence electrons. The summed E-state index contributed by atoms with van der Waals surface area (Å²) in [6.45, 7) is 3.92. The number of nitrogens with zero attached hydrogens (tertiary/aromatic N) is 2. The van der Waals surface area contributed by atoms with E-state index in [9.17, 15) is 37.1 Å². The number of fused-ring (bicyclic) bond motifs is 1. The van der Waals surface area contributed by atoms with Crippen LogP contribution in [0.2, 0.25) is 0 Å². The number of likely N-dealkylation sites (tertiary alicyclic amines) is 1. The summed E-state index contributed by atoms with van der Waals surface area (Å²) in [6.07, 6.45) is -2.63. The molecule has 6 N–H and O–H groups in total. The molecular weight excluding hydrogens is 545 g/mol. The van der Waals surface area contributed by atoms with Crippen LogP contribution in [0.1, 0.15) is 52.4 Å². The van der Waals surface area contributed by atoms with Crippen LogP contribution in [0.25, 0.3) is 0 Å². The van der Waals surface area contributed by atoms with Crippen molar-refractivity contribution in [3.8, 4) is 0 Å². The zero-order chi connectivity index (χ0) is 30.7. The first-order valence-electron chi connectivity index (χ1n) is 14.2. The Kier molecular flexibility index (Phi) is 8.24. The fraction of sp³-hybridized carbons (Fsp3) is 0.815. The molecule has 0 radical (unpaired) electrons. The van der Waals surface area contributed by atoms with E-state index >= 15 is 0 Å². The van der Waals surface area contributed by atoms with Gasteiger partial charge in [0.05, 0.1) is 11.5 Å². The summed E-state index contributed by atoms with van der Waals surface area (Å²) in [4.78, 5) is 68.2. The maximum Gasteiger partial charge on any atom is 0.471 e. The number of primary amides is 1. The van der Waals surface area contributed by atoms with Crippen molar-refractivity contribution < 1.29 is 37.1 Å². The Balaban J connectivity index is 1.62. The van der Waals surface area contributed by atoms with E-state index in [2.05, 4.69) is 5.32 Å². The minimum absolute atomic E-state index is 0.0635. The molecule has 4 amide bonds. The van der Waals surface area contributed by atoms with Crippen molar-refractivity contribution in [2.45, 2.75) is 82.7 Å². The van der Waals surface area contributed by atoms with Crippen molar-refractivity contribution in [3.63, 3.8) is 0 Å². The van der Waals surface area contributed by atoms with Crippen molar-refractivity contribution in [1.29, 1.82) is 0 Å². The molecule has 0 bridgehead atoms. The maximum atomic E-state index is 14.0. The monoisotopic (exact) mass is 586 g/mol. The van der Waals surface area contributed by atoms with Gasteiger partial charge < -0.3 is 31.9 Å². The molecule has 4 unspecified atom stereocenters. The molecule has 4 aliphatic rings. The van der Waals surface area contributed by atoms with Crippen molar-refractivity contribution in [3.05, 3.63) is 0 Å². The van der Waals surface area contributed by atoms with Gasteiger partial charge in [-0.25, -0.2) is 0 Å². The summed E-state index contributed by atoms with van der Waals surface area (Å²) in [7, 11) is 3.80. The third kappa shape index (κ3) is 5.21. The molecule has 2 aliphatic heterocycles. The third-order valence-electron chi connectivity index (χ3n) is 10.3. The van der Waals surface area contributed by atoms with E-state index in [-0.39, 0.29) is 24.9 Å². The Bertz CT molecular complexity index is 1110. The molecule has 2 aliphatic carbocycles. The molecule has 0 aromatic rings. The Hall–Kier alpha value is -2.74. The van der Waals surface area contributed by atoms with Crippen LogP contribution >= 0.6 is 0 Å². The number of halogens is 3. The molecule has 0 aromatic carbocycles. The van der Waals surface area contributed by atoms with Crippen LogP contribution < -0.4 is 22.1 Å². The zero-order valence-electron chi connectivity index (χ0n) is 23.9. The second-order valence-electron chi connectivity index (χ2n) is 12.9. The Morgan fingerprint density at radius 2 is 1.73 bits per heavy atom. The minimum Gasteiger partial charge on any atom is -0.368 e. The second kappa shape index (κ2) is 10.8. The van der Waals surface area contributed by atoms with E-state index < -0.39 is 76.4 Å². The smallest absolute Gasteiger partial charge is 0.368 e. The third-order valence-corrected chi connectivity index (χ3v) is 10.3. The van der Waals surface area contributed by atoms with Gasteiger partial charge in [0.1, 0.15) is 12.1 Å². The van der Waals surface area contributed by atoms with Crippen molar-refractivity contribution in [2.75, 3.05) is 27.2 Å². The number of alkyl halides is 3. The van der Waals surface area contributed by atoms with Crippen LogP contribution in [-0.4, -0.2) is 96.7 Å². The summed E-state index contributed by atoms with van der Waals surface area (Å²) >= 11 is 0. The molecule has 4 rings (SSSR count). The molecule has 4 fully saturated rings. The van der Waals surface area contributed by atoms with E-state index in [1.807, 2.05) is 24.3 Å². The van der Waals surface area contributed by atoms with Gasteiger partial charge in [0, 0.05) is 25.0 Å². The van der Waals surface area contributed by atoms with E-state index in [0.717, 1.165) is 4.90 Å². The van der Waals surface area contributed by atoms with Crippen LogP contribution in [0.4, 0.5) is 13.2 Å². The van der Waals surface area contributed by atoms with E-state index in [1.54, 1.807) is 13.8 Å². The maximum absolute atomic E-state index is 14.0. The minimum atomic E-state index is -5.21. The second-order valence-corrected chi connectivity index (χ2v) is 12.9. The quantitative estimate of drug-likeness (QED) is 0.293. The first-order valence-corrected chi connectivity index (χ1v) is 14.2. The Morgan fingerprint density at radius 1 is 1.12 bits per heavy atom. The first-order chi connectivity index (χ1) is 19.0. The molecule has 6 atom stereocenters. The SMILES string of the molecule is CN(C)C1CCC(C(NC(=O)C(F)(F)F)C(=O)N2CC3C(C)(C)C3(C(=O)[C@@H](N)C[C@@H]3CCNC3=O)C2C(N)=O)CC1. The lowest BCUT2D eigenvalue weighted by atomic mass is 9.77. The van der Waals surface area contributed by atoms with Gasteiger partial charge in [-0.2, -0.15) is 13.2 Å². The highest BCUT2D eigenvalue weighted by atomic mass is 19.4.